The van der Waals surface area contributed by atoms with Crippen molar-refractivity contribution in [3.8, 4) is 11.3 Å². The second-order valence-corrected chi connectivity index (χ2v) is 6.65. The fourth-order valence-electron chi connectivity index (χ4n) is 3.25. The predicted molar refractivity (Wildman–Crippen MR) is 108 cm³/mol. The van der Waals surface area contributed by atoms with E-state index >= 15 is 0 Å². The Balaban J connectivity index is 1.84. The summed E-state index contributed by atoms with van der Waals surface area (Å²) in [6.07, 6.45) is 1.69. The predicted octanol–water partition coefficient (Wildman–Crippen LogP) is 4.50. The molecule has 2 aromatic carbocycles. The van der Waals surface area contributed by atoms with Crippen molar-refractivity contribution in [1.82, 2.24) is 14.8 Å². The van der Waals surface area contributed by atoms with Crippen LogP contribution in [0, 0.1) is 13.8 Å². The fraction of sp³-hybridized carbons (Fsp3) is 0.136. The van der Waals surface area contributed by atoms with E-state index in [-0.39, 0.29) is 5.91 Å². The van der Waals surface area contributed by atoms with Crippen molar-refractivity contribution >= 4 is 22.6 Å². The third-order valence-corrected chi connectivity index (χ3v) is 4.74. The molecule has 5 heteroatoms. The zero-order chi connectivity index (χ0) is 19.0. The Bertz CT molecular complexity index is 1130. The van der Waals surface area contributed by atoms with Crippen LogP contribution < -0.4 is 5.32 Å². The number of nitrogens with zero attached hydrogens (tertiary/aromatic N) is 3. The molecule has 0 saturated heterocycles. The molecule has 4 aromatic rings. The third kappa shape index (κ3) is 3.08. The summed E-state index contributed by atoms with van der Waals surface area (Å²) in [6.45, 7) is 3.98. The first-order chi connectivity index (χ1) is 13.0. The molecule has 0 atom stereocenters. The molecule has 4 rings (SSSR count). The Labute approximate surface area is 157 Å². The topological polar surface area (TPSA) is 59.8 Å². The van der Waals surface area contributed by atoms with Gasteiger partial charge >= 0.3 is 0 Å². The maximum Gasteiger partial charge on any atom is 0.256 e. The number of aromatic nitrogens is 3. The highest BCUT2D eigenvalue weighted by Gasteiger charge is 2.18. The van der Waals surface area contributed by atoms with E-state index in [0.717, 1.165) is 33.5 Å². The van der Waals surface area contributed by atoms with Gasteiger partial charge < -0.3 is 5.32 Å². The summed E-state index contributed by atoms with van der Waals surface area (Å²) < 4.78 is 1.69. The number of aryl methyl sites for hydroxylation is 3. The first-order valence-corrected chi connectivity index (χ1v) is 8.80. The lowest BCUT2D eigenvalue weighted by Crippen LogP contribution is -2.14. The minimum Gasteiger partial charge on any atom is -0.321 e. The molecule has 1 N–H and O–H groups in total. The summed E-state index contributed by atoms with van der Waals surface area (Å²) in [5, 5.41) is 8.10. The number of benzene rings is 2. The van der Waals surface area contributed by atoms with Gasteiger partial charge in [0, 0.05) is 18.3 Å². The van der Waals surface area contributed by atoms with Crippen LogP contribution in [-0.4, -0.2) is 20.7 Å². The molecule has 0 aliphatic heterocycles. The number of para-hydroxylation sites is 1. The molecule has 0 aliphatic carbocycles. The highest BCUT2D eigenvalue weighted by atomic mass is 16.1. The molecule has 0 bridgehead atoms. The second-order valence-electron chi connectivity index (χ2n) is 6.65. The Morgan fingerprint density at radius 1 is 1.00 bits per heavy atom. The van der Waals surface area contributed by atoms with Crippen LogP contribution in [0.3, 0.4) is 0 Å². The normalized spacial score (nSPS) is 10.9. The number of hydrogen-bond donors (Lipinski definition) is 1. The molecule has 0 fully saturated rings. The molecule has 2 aromatic heterocycles. The van der Waals surface area contributed by atoms with Gasteiger partial charge in [-0.2, -0.15) is 5.10 Å². The van der Waals surface area contributed by atoms with E-state index in [1.54, 1.807) is 10.9 Å². The summed E-state index contributed by atoms with van der Waals surface area (Å²) in [5.74, 6) is -0.162. The molecular formula is C22H20N4O. The number of pyridine rings is 1. The van der Waals surface area contributed by atoms with Gasteiger partial charge in [-0.15, -0.1) is 0 Å². The number of hydrogen-bond acceptors (Lipinski definition) is 3. The van der Waals surface area contributed by atoms with Crippen LogP contribution in [-0.2, 0) is 7.05 Å². The van der Waals surface area contributed by atoms with E-state index in [1.807, 2.05) is 75.5 Å². The van der Waals surface area contributed by atoms with Crippen molar-refractivity contribution in [3.05, 3.63) is 77.5 Å². The Hall–Kier alpha value is -3.47. The smallest absolute Gasteiger partial charge is 0.256 e. The van der Waals surface area contributed by atoms with E-state index < -0.39 is 0 Å². The minimum absolute atomic E-state index is 0.162. The summed E-state index contributed by atoms with van der Waals surface area (Å²) in [6, 6.07) is 17.6. The van der Waals surface area contributed by atoms with Gasteiger partial charge in [0.05, 0.1) is 22.8 Å². The zero-order valence-corrected chi connectivity index (χ0v) is 15.5. The Morgan fingerprint density at radius 2 is 1.70 bits per heavy atom. The number of amides is 1. The van der Waals surface area contributed by atoms with E-state index in [9.17, 15) is 4.79 Å². The van der Waals surface area contributed by atoms with Crippen molar-refractivity contribution in [1.29, 1.82) is 0 Å². The lowest BCUT2D eigenvalue weighted by molar-refractivity contribution is 0.102. The minimum atomic E-state index is -0.162. The van der Waals surface area contributed by atoms with Gasteiger partial charge in [-0.05, 0) is 31.0 Å². The van der Waals surface area contributed by atoms with E-state index in [1.165, 1.54) is 0 Å². The van der Waals surface area contributed by atoms with Crippen LogP contribution in [0.5, 0.6) is 0 Å². The largest absolute Gasteiger partial charge is 0.321 e. The first-order valence-electron chi connectivity index (χ1n) is 8.80. The first kappa shape index (κ1) is 17.0. The van der Waals surface area contributed by atoms with Crippen LogP contribution in [0.15, 0.2) is 60.8 Å². The van der Waals surface area contributed by atoms with Crippen LogP contribution in [0.25, 0.3) is 22.3 Å². The molecule has 0 saturated carbocycles. The molecule has 0 aliphatic rings. The fourth-order valence-corrected chi connectivity index (χ4v) is 3.25. The molecule has 134 valence electrons. The van der Waals surface area contributed by atoms with E-state index in [2.05, 4.69) is 10.4 Å². The van der Waals surface area contributed by atoms with Gasteiger partial charge in [0.25, 0.3) is 5.91 Å². The summed E-state index contributed by atoms with van der Waals surface area (Å²) in [7, 11) is 1.83. The van der Waals surface area contributed by atoms with Crippen LogP contribution in [0.4, 0.5) is 5.69 Å². The molecule has 0 radical (unpaired) electrons. The highest BCUT2D eigenvalue weighted by molar-refractivity contribution is 6.13. The lowest BCUT2D eigenvalue weighted by atomic mass is 10.1. The molecule has 5 nitrogen and oxygen atoms in total. The van der Waals surface area contributed by atoms with E-state index in [4.69, 9.17) is 4.98 Å². The molecule has 0 unspecified atom stereocenters. The van der Waals surface area contributed by atoms with Gasteiger partial charge in [0.1, 0.15) is 0 Å². The standard InChI is InChI=1S/C22H20N4O/c1-14-8-7-9-15(2)20(14)25-22(27)17-12-19(16-10-5-4-6-11-16)24-21-18(17)13-23-26(21)3/h4-13H,1-3H3,(H,25,27). The highest BCUT2D eigenvalue weighted by Crippen LogP contribution is 2.26. The van der Waals surface area contributed by atoms with Crippen molar-refractivity contribution in [3.63, 3.8) is 0 Å². The average Bonchev–Trinajstić information content (AvgIpc) is 3.06. The summed E-state index contributed by atoms with van der Waals surface area (Å²) in [4.78, 5) is 17.9. The number of nitrogens with one attached hydrogen (secondary N) is 1. The van der Waals surface area contributed by atoms with Crippen LogP contribution in [0.1, 0.15) is 21.5 Å². The van der Waals surface area contributed by atoms with Crippen molar-refractivity contribution < 1.29 is 4.79 Å². The van der Waals surface area contributed by atoms with Gasteiger partial charge in [-0.3, -0.25) is 9.48 Å². The van der Waals surface area contributed by atoms with Crippen LogP contribution in [0.2, 0.25) is 0 Å². The number of rotatable bonds is 3. The number of fused-ring (bicyclic) bond motifs is 1. The summed E-state index contributed by atoms with van der Waals surface area (Å²) >= 11 is 0. The molecule has 1 amide bonds. The summed E-state index contributed by atoms with van der Waals surface area (Å²) in [5.41, 5.74) is 5.86. The van der Waals surface area contributed by atoms with Gasteiger partial charge in [0.15, 0.2) is 5.65 Å². The van der Waals surface area contributed by atoms with E-state index in [0.29, 0.717) is 11.2 Å². The molecule has 2 heterocycles. The molecular weight excluding hydrogens is 336 g/mol. The molecule has 27 heavy (non-hydrogen) atoms. The van der Waals surface area contributed by atoms with Crippen molar-refractivity contribution in [2.24, 2.45) is 7.05 Å². The third-order valence-electron chi connectivity index (χ3n) is 4.74. The second kappa shape index (κ2) is 6.68. The van der Waals surface area contributed by atoms with Gasteiger partial charge in [0.2, 0.25) is 0 Å². The Kier molecular flexibility index (Phi) is 4.20. The molecule has 0 spiro atoms. The quantitative estimate of drug-likeness (QED) is 0.588. The van der Waals surface area contributed by atoms with Crippen molar-refractivity contribution in [2.45, 2.75) is 13.8 Å². The SMILES string of the molecule is Cc1cccc(C)c1NC(=O)c1cc(-c2ccccc2)nc2c1cnn2C. The number of carbonyl (C=O) groups is 1. The lowest BCUT2D eigenvalue weighted by Gasteiger charge is -2.13. The monoisotopic (exact) mass is 356 g/mol. The zero-order valence-electron chi connectivity index (χ0n) is 15.5. The maximum atomic E-state index is 13.1. The van der Waals surface area contributed by atoms with Gasteiger partial charge in [-0.1, -0.05) is 48.5 Å². The number of carbonyl (C=O) groups excluding carboxylic acids is 1. The van der Waals surface area contributed by atoms with Gasteiger partial charge in [-0.25, -0.2) is 4.98 Å². The average molecular weight is 356 g/mol. The van der Waals surface area contributed by atoms with Crippen molar-refractivity contribution in [2.75, 3.05) is 5.32 Å². The maximum absolute atomic E-state index is 13.1. The van der Waals surface area contributed by atoms with Crippen LogP contribution >= 0.6 is 0 Å². The number of anilines is 1. The Morgan fingerprint density at radius 3 is 2.41 bits per heavy atom.